The van der Waals surface area contributed by atoms with Crippen molar-refractivity contribution < 1.29 is 19.4 Å². The van der Waals surface area contributed by atoms with Gasteiger partial charge in [-0.05, 0) is 24.6 Å². The van der Waals surface area contributed by atoms with E-state index in [1.807, 2.05) is 0 Å². The monoisotopic (exact) mass is 329 g/mol. The summed E-state index contributed by atoms with van der Waals surface area (Å²) in [6.07, 6.45) is -0.796. The van der Waals surface area contributed by atoms with Crippen molar-refractivity contribution in [3.8, 4) is 0 Å². The molecule has 2 N–H and O–H groups in total. The van der Waals surface area contributed by atoms with E-state index >= 15 is 0 Å². The zero-order valence-electron chi connectivity index (χ0n) is 10.7. The number of carboxylic acid groups (broad SMARTS) is 1. The van der Waals surface area contributed by atoms with Crippen LogP contribution in [-0.4, -0.2) is 30.2 Å². The van der Waals surface area contributed by atoms with Gasteiger partial charge in [-0.15, -0.1) is 0 Å². The number of halogens is 1. The predicted molar refractivity (Wildman–Crippen MR) is 73.7 cm³/mol. The van der Waals surface area contributed by atoms with Crippen molar-refractivity contribution in [2.45, 2.75) is 25.5 Å². The van der Waals surface area contributed by atoms with E-state index in [1.165, 1.54) is 7.11 Å². The van der Waals surface area contributed by atoms with Crippen LogP contribution in [0.3, 0.4) is 0 Å². The number of hydrogen-bond donors (Lipinski definition) is 2. The van der Waals surface area contributed by atoms with Crippen LogP contribution in [-0.2, 0) is 14.3 Å². The number of rotatable bonds is 6. The van der Waals surface area contributed by atoms with Gasteiger partial charge in [-0.2, -0.15) is 0 Å². The minimum Gasteiger partial charge on any atom is -0.481 e. The third-order valence-corrected chi connectivity index (χ3v) is 3.22. The minimum atomic E-state index is -0.974. The Balaban J connectivity index is 2.85. The van der Waals surface area contributed by atoms with E-state index in [0.29, 0.717) is 0 Å². The largest absolute Gasteiger partial charge is 0.481 e. The Kier molecular flexibility index (Phi) is 5.98. The molecule has 1 aromatic rings. The van der Waals surface area contributed by atoms with Crippen molar-refractivity contribution in [2.24, 2.45) is 0 Å². The molecule has 1 amide bonds. The third-order valence-electron chi connectivity index (χ3n) is 2.69. The number of carboxylic acids is 1. The lowest BCUT2D eigenvalue weighted by Crippen LogP contribution is -2.37. The number of carbonyl (C=O) groups excluding carboxylic acids is 1. The predicted octanol–water partition coefficient (Wildman–Crippen LogP) is 2.12. The molecule has 0 aliphatic rings. The topological polar surface area (TPSA) is 75.6 Å². The molecule has 0 radical (unpaired) electrons. The summed E-state index contributed by atoms with van der Waals surface area (Å²) in [5.41, 5.74) is 0.738. The van der Waals surface area contributed by atoms with E-state index in [2.05, 4.69) is 21.2 Å². The Hall–Kier alpha value is -1.40. The molecule has 0 heterocycles. The minimum absolute atomic E-state index is 0.177. The van der Waals surface area contributed by atoms with Gasteiger partial charge in [-0.25, -0.2) is 0 Å². The number of hydrogen-bond acceptors (Lipinski definition) is 3. The number of carbonyl (C=O) groups is 2. The standard InChI is InChI=1S/C13H16BrNO4/c1-8(19-2)13(18)15-11(7-12(16)17)9-3-5-10(14)6-4-9/h3-6,8,11H,7H2,1-2H3,(H,15,18)(H,16,17). The summed E-state index contributed by atoms with van der Waals surface area (Å²) in [6, 6.07) is 6.58. The summed E-state index contributed by atoms with van der Waals surface area (Å²) in [6.45, 7) is 1.61. The lowest BCUT2D eigenvalue weighted by Gasteiger charge is -2.19. The molecule has 0 aliphatic carbocycles. The molecule has 0 fully saturated rings. The van der Waals surface area contributed by atoms with Gasteiger partial charge >= 0.3 is 5.97 Å². The maximum Gasteiger partial charge on any atom is 0.305 e. The number of benzene rings is 1. The van der Waals surface area contributed by atoms with Crippen LogP contribution in [0.4, 0.5) is 0 Å². The first-order valence-electron chi connectivity index (χ1n) is 5.74. The van der Waals surface area contributed by atoms with Gasteiger partial charge < -0.3 is 15.2 Å². The van der Waals surface area contributed by atoms with E-state index in [4.69, 9.17) is 9.84 Å². The number of nitrogens with one attached hydrogen (secondary N) is 1. The van der Waals surface area contributed by atoms with Crippen molar-refractivity contribution in [1.29, 1.82) is 0 Å². The lowest BCUT2D eigenvalue weighted by atomic mass is 10.0. The van der Waals surface area contributed by atoms with Crippen LogP contribution in [0.25, 0.3) is 0 Å². The molecule has 19 heavy (non-hydrogen) atoms. The molecule has 0 saturated carbocycles. The molecule has 2 atom stereocenters. The number of aliphatic carboxylic acids is 1. The summed E-state index contributed by atoms with van der Waals surface area (Å²) in [5, 5.41) is 11.6. The van der Waals surface area contributed by atoms with Crippen LogP contribution in [0, 0.1) is 0 Å². The first-order chi connectivity index (χ1) is 8.93. The number of methoxy groups -OCH3 is 1. The van der Waals surface area contributed by atoms with Crippen LogP contribution < -0.4 is 5.32 Å². The highest BCUT2D eigenvalue weighted by molar-refractivity contribution is 9.10. The maximum atomic E-state index is 11.8. The van der Waals surface area contributed by atoms with E-state index in [9.17, 15) is 9.59 Å². The molecule has 2 unspecified atom stereocenters. The SMILES string of the molecule is COC(C)C(=O)NC(CC(=O)O)c1ccc(Br)cc1. The smallest absolute Gasteiger partial charge is 0.305 e. The Bertz CT molecular complexity index is 446. The van der Waals surface area contributed by atoms with Crippen molar-refractivity contribution in [2.75, 3.05) is 7.11 Å². The lowest BCUT2D eigenvalue weighted by molar-refractivity contribution is -0.138. The average Bonchev–Trinajstić information content (AvgIpc) is 2.37. The molecule has 6 heteroatoms. The van der Waals surface area contributed by atoms with Crippen LogP contribution in [0.15, 0.2) is 28.7 Å². The van der Waals surface area contributed by atoms with Gasteiger partial charge in [0.1, 0.15) is 6.10 Å². The highest BCUT2D eigenvalue weighted by Crippen LogP contribution is 2.20. The second-order valence-corrected chi connectivity index (χ2v) is 5.00. The van der Waals surface area contributed by atoms with Crippen molar-refractivity contribution in [1.82, 2.24) is 5.32 Å². The summed E-state index contributed by atoms with van der Waals surface area (Å²) in [4.78, 5) is 22.6. The third kappa shape index (κ3) is 5.00. The van der Waals surface area contributed by atoms with Gasteiger partial charge in [0.2, 0.25) is 5.91 Å². The Morgan fingerprint density at radius 2 is 1.95 bits per heavy atom. The first kappa shape index (κ1) is 15.7. The summed E-state index contributed by atoms with van der Waals surface area (Å²) in [5.74, 6) is -1.31. The van der Waals surface area contributed by atoms with Crippen LogP contribution >= 0.6 is 15.9 Å². The van der Waals surface area contributed by atoms with Crippen molar-refractivity contribution in [3.05, 3.63) is 34.3 Å². The van der Waals surface area contributed by atoms with Gasteiger partial charge in [-0.3, -0.25) is 9.59 Å². The normalized spacial score (nSPS) is 13.6. The molecule has 0 aliphatic heterocycles. The van der Waals surface area contributed by atoms with Crippen molar-refractivity contribution in [3.63, 3.8) is 0 Å². The fourth-order valence-corrected chi connectivity index (χ4v) is 1.78. The Morgan fingerprint density at radius 3 is 2.42 bits per heavy atom. The van der Waals surface area contributed by atoms with Gasteiger partial charge in [0.15, 0.2) is 0 Å². The van der Waals surface area contributed by atoms with Crippen LogP contribution in [0.5, 0.6) is 0 Å². The van der Waals surface area contributed by atoms with E-state index < -0.39 is 18.1 Å². The second-order valence-electron chi connectivity index (χ2n) is 4.09. The van der Waals surface area contributed by atoms with Crippen molar-refractivity contribution >= 4 is 27.8 Å². The molecule has 0 bridgehead atoms. The van der Waals surface area contributed by atoms with E-state index in [1.54, 1.807) is 31.2 Å². The Labute approximate surface area is 120 Å². The zero-order chi connectivity index (χ0) is 14.4. The maximum absolute atomic E-state index is 11.8. The van der Waals surface area contributed by atoms with E-state index in [-0.39, 0.29) is 12.3 Å². The Morgan fingerprint density at radius 1 is 1.37 bits per heavy atom. The summed E-state index contributed by atoms with van der Waals surface area (Å²) in [7, 11) is 1.43. The molecule has 0 aromatic heterocycles. The van der Waals surface area contributed by atoms with Gasteiger partial charge in [-0.1, -0.05) is 28.1 Å². The molecule has 1 rings (SSSR count). The quantitative estimate of drug-likeness (QED) is 0.838. The average molecular weight is 330 g/mol. The highest BCUT2D eigenvalue weighted by atomic mass is 79.9. The van der Waals surface area contributed by atoms with Gasteiger partial charge in [0.25, 0.3) is 0 Å². The summed E-state index contributed by atoms with van der Waals surface area (Å²) >= 11 is 3.31. The molecular weight excluding hydrogens is 314 g/mol. The first-order valence-corrected chi connectivity index (χ1v) is 6.53. The summed E-state index contributed by atoms with van der Waals surface area (Å²) < 4.78 is 5.80. The molecular formula is C13H16BrNO4. The van der Waals surface area contributed by atoms with Gasteiger partial charge in [0.05, 0.1) is 12.5 Å². The highest BCUT2D eigenvalue weighted by Gasteiger charge is 2.21. The fraction of sp³-hybridized carbons (Fsp3) is 0.385. The van der Waals surface area contributed by atoms with Gasteiger partial charge in [0, 0.05) is 11.6 Å². The second kappa shape index (κ2) is 7.25. The molecule has 104 valence electrons. The van der Waals surface area contributed by atoms with E-state index in [0.717, 1.165) is 10.0 Å². The molecule has 0 spiro atoms. The zero-order valence-corrected chi connectivity index (χ0v) is 12.3. The molecule has 5 nitrogen and oxygen atoms in total. The number of ether oxygens (including phenoxy) is 1. The van der Waals surface area contributed by atoms with Crippen LogP contribution in [0.1, 0.15) is 24.9 Å². The number of amides is 1. The molecule has 0 saturated heterocycles. The fourth-order valence-electron chi connectivity index (χ4n) is 1.52. The van der Waals surface area contributed by atoms with Crippen LogP contribution in [0.2, 0.25) is 0 Å². The molecule has 1 aromatic carbocycles.